The second-order valence-corrected chi connectivity index (χ2v) is 8.00. The van der Waals surface area contributed by atoms with Gasteiger partial charge in [0.05, 0.1) is 15.4 Å². The standard InChI is InChI=1S/C18H16N4O7S/c19-30(28,29)12-6-4-11(5-7-12)8-9-20-15(23)10-21-17(24)13-2-1-3-14(22(26)27)16(13)18(21)25/h1-7H,8-10H2,(H,20,23)(H2,19,28,29). The number of imide groups is 1. The molecule has 0 aromatic heterocycles. The Balaban J connectivity index is 1.59. The van der Waals surface area contributed by atoms with E-state index in [0.717, 1.165) is 11.6 Å². The number of nitrogens with zero attached hydrogens (tertiary/aromatic N) is 2. The van der Waals surface area contributed by atoms with Crippen molar-refractivity contribution in [2.45, 2.75) is 11.3 Å². The van der Waals surface area contributed by atoms with Crippen molar-refractivity contribution in [3.05, 3.63) is 69.3 Å². The first-order valence-electron chi connectivity index (χ1n) is 8.61. The number of nitro groups is 1. The lowest BCUT2D eigenvalue weighted by Crippen LogP contribution is -2.40. The number of nitrogens with two attached hydrogens (primary N) is 1. The Bertz CT molecular complexity index is 1160. The molecule has 2 aromatic carbocycles. The molecule has 0 bridgehead atoms. The van der Waals surface area contributed by atoms with E-state index < -0.39 is 44.9 Å². The fourth-order valence-corrected chi connectivity index (χ4v) is 3.52. The summed E-state index contributed by atoms with van der Waals surface area (Å²) in [5, 5.41) is 18.7. The Morgan fingerprint density at radius 1 is 1.10 bits per heavy atom. The molecule has 1 heterocycles. The van der Waals surface area contributed by atoms with Crippen LogP contribution >= 0.6 is 0 Å². The lowest BCUT2D eigenvalue weighted by molar-refractivity contribution is -0.385. The van der Waals surface area contributed by atoms with E-state index in [1.165, 1.54) is 24.3 Å². The largest absolute Gasteiger partial charge is 0.354 e. The van der Waals surface area contributed by atoms with Crippen LogP contribution in [-0.2, 0) is 21.2 Å². The first kappa shape index (κ1) is 21.1. The van der Waals surface area contributed by atoms with E-state index in [0.29, 0.717) is 11.3 Å². The van der Waals surface area contributed by atoms with Crippen molar-refractivity contribution < 1.29 is 27.7 Å². The molecule has 2 aromatic rings. The zero-order chi connectivity index (χ0) is 22.1. The summed E-state index contributed by atoms with van der Waals surface area (Å²) < 4.78 is 22.5. The molecule has 0 saturated carbocycles. The molecule has 0 atom stereocenters. The first-order chi connectivity index (χ1) is 14.1. The number of hydrogen-bond donors (Lipinski definition) is 2. The maximum absolute atomic E-state index is 12.4. The number of rotatable bonds is 7. The molecule has 0 spiro atoms. The minimum atomic E-state index is -3.79. The topological polar surface area (TPSA) is 170 Å². The van der Waals surface area contributed by atoms with Gasteiger partial charge in [-0.1, -0.05) is 18.2 Å². The van der Waals surface area contributed by atoms with Crippen LogP contribution in [0.2, 0.25) is 0 Å². The lowest BCUT2D eigenvalue weighted by atomic mass is 10.1. The summed E-state index contributed by atoms with van der Waals surface area (Å²) in [4.78, 5) is 47.9. The molecule has 1 aliphatic heterocycles. The molecule has 156 valence electrons. The Labute approximate surface area is 170 Å². The number of sulfonamides is 1. The highest BCUT2D eigenvalue weighted by atomic mass is 32.2. The number of primary sulfonamides is 1. The molecule has 3 amide bonds. The number of amides is 3. The fourth-order valence-electron chi connectivity index (χ4n) is 3.00. The molecule has 0 radical (unpaired) electrons. The maximum Gasteiger partial charge on any atom is 0.282 e. The number of nitro benzene ring substituents is 1. The van der Waals surface area contributed by atoms with Gasteiger partial charge in [0.1, 0.15) is 12.1 Å². The maximum atomic E-state index is 12.4. The lowest BCUT2D eigenvalue weighted by Gasteiger charge is -2.13. The van der Waals surface area contributed by atoms with Gasteiger partial charge in [-0.15, -0.1) is 0 Å². The third-order valence-corrected chi connectivity index (χ3v) is 5.39. The highest BCUT2D eigenvalue weighted by Gasteiger charge is 2.41. The number of benzene rings is 2. The highest BCUT2D eigenvalue weighted by molar-refractivity contribution is 7.89. The van der Waals surface area contributed by atoms with E-state index in [2.05, 4.69) is 5.32 Å². The smallest absolute Gasteiger partial charge is 0.282 e. The summed E-state index contributed by atoms with van der Waals surface area (Å²) in [6, 6.07) is 9.51. The number of carbonyl (C=O) groups is 3. The molecule has 0 aliphatic carbocycles. The minimum Gasteiger partial charge on any atom is -0.354 e. The van der Waals surface area contributed by atoms with Gasteiger partial charge in [-0.3, -0.25) is 29.4 Å². The van der Waals surface area contributed by atoms with Crippen molar-refractivity contribution in [3.8, 4) is 0 Å². The van der Waals surface area contributed by atoms with E-state index >= 15 is 0 Å². The average Bonchev–Trinajstić information content (AvgIpc) is 2.92. The van der Waals surface area contributed by atoms with Crippen LogP contribution in [0.3, 0.4) is 0 Å². The summed E-state index contributed by atoms with van der Waals surface area (Å²) >= 11 is 0. The molecule has 30 heavy (non-hydrogen) atoms. The van der Waals surface area contributed by atoms with Gasteiger partial charge in [-0.2, -0.15) is 0 Å². The van der Waals surface area contributed by atoms with E-state index in [1.807, 2.05) is 0 Å². The molecular formula is C18H16N4O7S. The van der Waals surface area contributed by atoms with Gasteiger partial charge in [0.2, 0.25) is 15.9 Å². The zero-order valence-corrected chi connectivity index (χ0v) is 16.2. The molecule has 1 aliphatic rings. The Kier molecular flexibility index (Phi) is 5.62. The first-order valence-corrected chi connectivity index (χ1v) is 10.2. The van der Waals surface area contributed by atoms with Crippen LogP contribution < -0.4 is 10.5 Å². The number of hydrogen-bond acceptors (Lipinski definition) is 7. The van der Waals surface area contributed by atoms with Gasteiger partial charge >= 0.3 is 0 Å². The molecule has 0 unspecified atom stereocenters. The third-order valence-electron chi connectivity index (χ3n) is 4.46. The van der Waals surface area contributed by atoms with Crippen LogP contribution in [0, 0.1) is 10.1 Å². The summed E-state index contributed by atoms with van der Waals surface area (Å²) in [5.41, 5.74) is -0.192. The number of carbonyl (C=O) groups excluding carboxylic acids is 3. The fraction of sp³-hybridized carbons (Fsp3) is 0.167. The summed E-state index contributed by atoms with van der Waals surface area (Å²) in [6.07, 6.45) is 0.365. The van der Waals surface area contributed by atoms with Gasteiger partial charge in [0.15, 0.2) is 0 Å². The van der Waals surface area contributed by atoms with Crippen molar-refractivity contribution in [2.75, 3.05) is 13.1 Å². The molecule has 12 heteroatoms. The highest BCUT2D eigenvalue weighted by Crippen LogP contribution is 2.30. The second-order valence-electron chi connectivity index (χ2n) is 6.44. The molecule has 11 nitrogen and oxygen atoms in total. The van der Waals surface area contributed by atoms with Gasteiger partial charge in [0, 0.05) is 12.6 Å². The molecular weight excluding hydrogens is 416 g/mol. The molecule has 0 fully saturated rings. The third kappa shape index (κ3) is 4.18. The van der Waals surface area contributed by atoms with Crippen LogP contribution in [0.5, 0.6) is 0 Å². The van der Waals surface area contributed by atoms with E-state index in [9.17, 15) is 32.9 Å². The average molecular weight is 432 g/mol. The van der Waals surface area contributed by atoms with Crippen LogP contribution in [0.15, 0.2) is 47.4 Å². The predicted octanol–water partition coefficient (Wildman–Crippen LogP) is 0.197. The van der Waals surface area contributed by atoms with Crippen LogP contribution in [0.25, 0.3) is 0 Å². The summed E-state index contributed by atoms with van der Waals surface area (Å²) in [6.45, 7) is -0.412. The van der Waals surface area contributed by atoms with Crippen LogP contribution in [0.1, 0.15) is 26.3 Å². The molecule has 0 saturated heterocycles. The van der Waals surface area contributed by atoms with Gasteiger partial charge in [-0.05, 0) is 30.2 Å². The van der Waals surface area contributed by atoms with Gasteiger partial charge in [0.25, 0.3) is 17.5 Å². The van der Waals surface area contributed by atoms with Crippen molar-refractivity contribution in [3.63, 3.8) is 0 Å². The summed E-state index contributed by atoms with van der Waals surface area (Å²) in [5.74, 6) is -2.28. The van der Waals surface area contributed by atoms with Crippen molar-refractivity contribution in [2.24, 2.45) is 5.14 Å². The van der Waals surface area contributed by atoms with Crippen LogP contribution in [0.4, 0.5) is 5.69 Å². The number of fused-ring (bicyclic) bond motifs is 1. The molecule has 3 rings (SSSR count). The summed E-state index contributed by atoms with van der Waals surface area (Å²) in [7, 11) is -3.79. The zero-order valence-electron chi connectivity index (χ0n) is 15.4. The quantitative estimate of drug-likeness (QED) is 0.357. The monoisotopic (exact) mass is 432 g/mol. The number of nitrogens with one attached hydrogen (secondary N) is 1. The Morgan fingerprint density at radius 3 is 2.37 bits per heavy atom. The van der Waals surface area contributed by atoms with Crippen molar-refractivity contribution >= 4 is 33.4 Å². The van der Waals surface area contributed by atoms with E-state index in [-0.39, 0.29) is 22.6 Å². The van der Waals surface area contributed by atoms with Crippen molar-refractivity contribution in [1.29, 1.82) is 0 Å². The molecule has 3 N–H and O–H groups in total. The van der Waals surface area contributed by atoms with Crippen molar-refractivity contribution in [1.82, 2.24) is 10.2 Å². The van der Waals surface area contributed by atoms with E-state index in [1.54, 1.807) is 12.1 Å². The Hall–Kier alpha value is -3.64. The minimum absolute atomic E-state index is 0.0324. The SMILES string of the molecule is NS(=O)(=O)c1ccc(CCNC(=O)CN2C(=O)c3cccc([N+](=O)[O-])c3C2=O)cc1. The normalized spacial score (nSPS) is 13.3. The predicted molar refractivity (Wildman–Crippen MR) is 103 cm³/mol. The van der Waals surface area contributed by atoms with Gasteiger partial charge < -0.3 is 5.32 Å². The van der Waals surface area contributed by atoms with E-state index in [4.69, 9.17) is 5.14 Å². The second kappa shape index (κ2) is 8.00. The Morgan fingerprint density at radius 2 is 1.77 bits per heavy atom. The van der Waals surface area contributed by atoms with Gasteiger partial charge in [-0.25, -0.2) is 13.6 Å². The van der Waals surface area contributed by atoms with Crippen LogP contribution in [-0.4, -0.2) is 49.1 Å².